The minimum atomic E-state index is -5.97. The van der Waals surface area contributed by atoms with Crippen molar-refractivity contribution in [3.8, 4) is 0 Å². The first-order valence-corrected chi connectivity index (χ1v) is 7.74. The summed E-state index contributed by atoms with van der Waals surface area (Å²) in [7, 11) is -11.9. The Balaban J connectivity index is -0.00000147. The Labute approximate surface area is 173 Å². The minimum Gasteiger partial charge on any atom is -0.744 e. The summed E-state index contributed by atoms with van der Waals surface area (Å²) in [4.78, 5) is -6.60. The molecule has 9 nitrogen and oxygen atoms in total. The van der Waals surface area contributed by atoms with Crippen molar-refractivity contribution in [2.75, 3.05) is 0 Å². The molecule has 1 rings (SSSR count). The van der Waals surface area contributed by atoms with Gasteiger partial charge in [-0.1, -0.05) is 0 Å². The maximum Gasteiger partial charge on any atom is 1.00 e. The van der Waals surface area contributed by atoms with Gasteiger partial charge in [0.05, 0.1) is 12.0 Å². The Morgan fingerprint density at radius 1 is 0.792 bits per heavy atom. The van der Waals surface area contributed by atoms with E-state index >= 15 is 0 Å². The van der Waals surface area contributed by atoms with Crippen LogP contribution < -0.4 is 61.8 Å². The van der Waals surface area contributed by atoms with Gasteiger partial charge in [-0.15, -0.1) is 0 Å². The Morgan fingerprint density at radius 3 is 1.38 bits per heavy atom. The molecule has 0 fully saturated rings. The molecule has 0 aliphatic heterocycles. The van der Waals surface area contributed by atoms with Gasteiger partial charge in [0.2, 0.25) is 0 Å². The van der Waals surface area contributed by atoms with Crippen LogP contribution in [0.25, 0.3) is 0 Å². The topological polar surface area (TPSA) is 156 Å². The molecule has 0 saturated carbocycles. The van der Waals surface area contributed by atoms with Gasteiger partial charge in [0, 0.05) is 0 Å². The Kier molecular flexibility index (Phi) is 13.4. The normalized spacial score (nSPS) is 11.1. The van der Waals surface area contributed by atoms with Gasteiger partial charge in [0.1, 0.15) is 34.9 Å². The zero-order chi connectivity index (χ0) is 16.6. The number of hydrogen-bond acceptors (Lipinski definition) is 10. The van der Waals surface area contributed by atoms with E-state index in [-0.39, 0.29) is 56.6 Å². The van der Waals surface area contributed by atoms with Crippen LogP contribution >= 0.6 is 12.0 Å². The molecule has 0 spiro atoms. The standard InChI is InChI=1S/C6H3F3O9S3.3Li/c7-1-4(19-18-17-10)2(8)6(21(14,15)16)3(9)5(1)20(11,12)13;;;/h10H,(H,11,12,13)(H,14,15,16);;;/q;3*+1/p-3. The fourth-order valence-electron chi connectivity index (χ4n) is 1.16. The quantitative estimate of drug-likeness (QED) is 0.156. The van der Waals surface area contributed by atoms with Crippen molar-refractivity contribution in [3.05, 3.63) is 17.5 Å². The molecular weight excluding hydrogens is 390 g/mol. The SMILES string of the molecule is O=S(=O)([O-])c1c(F)c(SOO[O-])c(F)c(S(=O)(=O)[O-])c1F.[Li+].[Li+].[Li+]. The third kappa shape index (κ3) is 6.54. The van der Waals surface area contributed by atoms with E-state index in [1.165, 1.54) is 0 Å². The summed E-state index contributed by atoms with van der Waals surface area (Å²) >= 11 is -0.715. The fourth-order valence-corrected chi connectivity index (χ4v) is 3.08. The van der Waals surface area contributed by atoms with Crippen LogP contribution in [0.15, 0.2) is 14.7 Å². The van der Waals surface area contributed by atoms with Crippen molar-refractivity contribution in [2.45, 2.75) is 14.7 Å². The van der Waals surface area contributed by atoms with Crippen LogP contribution in [0, 0.1) is 17.5 Å². The third-order valence-corrected chi connectivity index (χ3v) is 4.21. The van der Waals surface area contributed by atoms with Crippen LogP contribution in [-0.2, 0) is 29.6 Å². The van der Waals surface area contributed by atoms with Gasteiger partial charge < -0.3 is 14.4 Å². The minimum absolute atomic E-state index is 0. The van der Waals surface area contributed by atoms with Crippen molar-refractivity contribution in [1.82, 2.24) is 0 Å². The maximum atomic E-state index is 13.6. The van der Waals surface area contributed by atoms with Gasteiger partial charge in [-0.25, -0.2) is 30.0 Å². The Hall–Kier alpha value is 0.852. The molecule has 1 aromatic carbocycles. The van der Waals surface area contributed by atoms with Crippen LogP contribution in [0.1, 0.15) is 0 Å². The van der Waals surface area contributed by atoms with E-state index in [0.29, 0.717) is 0 Å². The summed E-state index contributed by atoms with van der Waals surface area (Å²) in [5.41, 5.74) is 0. The zero-order valence-corrected chi connectivity index (χ0v) is 14.5. The third-order valence-electron chi connectivity index (χ3n) is 1.84. The zero-order valence-electron chi connectivity index (χ0n) is 12.0. The van der Waals surface area contributed by atoms with E-state index in [1.54, 1.807) is 0 Å². The van der Waals surface area contributed by atoms with Gasteiger partial charge >= 0.3 is 56.6 Å². The summed E-state index contributed by atoms with van der Waals surface area (Å²) < 4.78 is 108. The summed E-state index contributed by atoms with van der Waals surface area (Å²) in [6, 6.07) is 0. The smallest absolute Gasteiger partial charge is 0.744 e. The van der Waals surface area contributed by atoms with Gasteiger partial charge in [-0.05, 0) is 0 Å². The first-order valence-electron chi connectivity index (χ1n) is 4.18. The molecule has 0 N–H and O–H groups in total. The number of hydrogen-bond donors (Lipinski definition) is 0. The summed E-state index contributed by atoms with van der Waals surface area (Å²) in [5, 5.41) is 12.2. The van der Waals surface area contributed by atoms with Crippen LogP contribution in [0.5, 0.6) is 0 Å². The molecule has 0 aliphatic carbocycles. The molecule has 0 bridgehead atoms. The van der Waals surface area contributed by atoms with Crippen LogP contribution in [0.2, 0.25) is 0 Å². The molecule has 0 radical (unpaired) electrons. The van der Waals surface area contributed by atoms with E-state index in [4.69, 9.17) is 0 Å². The predicted molar refractivity (Wildman–Crippen MR) is 50.3 cm³/mol. The van der Waals surface area contributed by atoms with E-state index in [0.717, 1.165) is 0 Å². The molecular formula is C6F3Li3O9S3. The van der Waals surface area contributed by atoms with Crippen molar-refractivity contribution >= 4 is 32.3 Å². The number of benzene rings is 1. The van der Waals surface area contributed by atoms with Crippen molar-refractivity contribution in [2.24, 2.45) is 0 Å². The van der Waals surface area contributed by atoms with E-state index in [1.807, 2.05) is 0 Å². The Morgan fingerprint density at radius 2 is 1.12 bits per heavy atom. The molecule has 0 saturated heterocycles. The second-order valence-electron chi connectivity index (χ2n) is 3.06. The monoisotopic (exact) mass is 390 g/mol. The van der Waals surface area contributed by atoms with Gasteiger partial charge in [-0.3, -0.25) is 5.04 Å². The summed E-state index contributed by atoms with van der Waals surface area (Å²) in [6.45, 7) is 0. The van der Waals surface area contributed by atoms with Gasteiger partial charge in [0.25, 0.3) is 0 Å². The van der Waals surface area contributed by atoms with E-state index < -0.39 is 64.4 Å². The van der Waals surface area contributed by atoms with Gasteiger partial charge in [0.15, 0.2) is 17.5 Å². The van der Waals surface area contributed by atoms with Crippen molar-refractivity contribution in [3.63, 3.8) is 0 Å². The average molecular weight is 390 g/mol. The van der Waals surface area contributed by atoms with Crippen molar-refractivity contribution < 1.29 is 110 Å². The van der Waals surface area contributed by atoms with Gasteiger partial charge in [-0.2, -0.15) is 4.33 Å². The second kappa shape index (κ2) is 10.9. The molecule has 0 unspecified atom stereocenters. The van der Waals surface area contributed by atoms with E-state index in [2.05, 4.69) is 9.37 Å². The molecule has 0 aliphatic rings. The van der Waals surface area contributed by atoms with Crippen LogP contribution in [-0.4, -0.2) is 25.9 Å². The summed E-state index contributed by atoms with van der Waals surface area (Å²) in [6.07, 6.45) is 0. The van der Waals surface area contributed by atoms with E-state index in [9.17, 15) is 44.4 Å². The van der Waals surface area contributed by atoms with Crippen LogP contribution in [0.4, 0.5) is 13.2 Å². The predicted octanol–water partition coefficient (Wildman–Crippen LogP) is -9.85. The Bertz CT molecular complexity index is 726. The fraction of sp³-hybridized carbons (Fsp3) is 0. The number of halogens is 3. The summed E-state index contributed by atoms with van der Waals surface area (Å²) in [5.74, 6) is -7.51. The molecule has 0 heterocycles. The molecule has 0 amide bonds. The molecule has 120 valence electrons. The second-order valence-corrected chi connectivity index (χ2v) is 6.40. The van der Waals surface area contributed by atoms with Crippen LogP contribution in [0.3, 0.4) is 0 Å². The average Bonchev–Trinajstić information content (AvgIpc) is 2.24. The maximum absolute atomic E-state index is 13.6. The molecule has 24 heavy (non-hydrogen) atoms. The molecule has 0 atom stereocenters. The molecule has 0 aromatic heterocycles. The first kappa shape index (κ1) is 29.6. The van der Waals surface area contributed by atoms with Crippen molar-refractivity contribution in [1.29, 1.82) is 0 Å². The largest absolute Gasteiger partial charge is 1.00 e. The molecule has 18 heteroatoms. The first-order chi connectivity index (χ1) is 9.42. The number of rotatable bonds is 5. The molecule has 1 aromatic rings.